The van der Waals surface area contributed by atoms with Crippen molar-refractivity contribution < 1.29 is 24.2 Å². The first-order chi connectivity index (χ1) is 9.97. The van der Waals surface area contributed by atoms with Gasteiger partial charge in [0.1, 0.15) is 13.2 Å². The maximum atomic E-state index is 11.9. The number of halogens is 1. The molecule has 1 atom stereocenters. The van der Waals surface area contributed by atoms with Crippen LogP contribution in [0.25, 0.3) is 0 Å². The number of aliphatic carboxylic acids is 1. The molecule has 0 spiro atoms. The van der Waals surface area contributed by atoms with Gasteiger partial charge < -0.3 is 25.6 Å². The Kier molecular flexibility index (Phi) is 4.87. The minimum absolute atomic E-state index is 0.0450. The molecule has 7 nitrogen and oxygen atoms in total. The van der Waals surface area contributed by atoms with Crippen LogP contribution in [0, 0.1) is 0 Å². The van der Waals surface area contributed by atoms with Crippen molar-refractivity contribution in [3.63, 3.8) is 0 Å². The van der Waals surface area contributed by atoms with Gasteiger partial charge in [0.2, 0.25) is 5.91 Å². The number of fused-ring (bicyclic) bond motifs is 1. The number of rotatable bonds is 5. The number of carboxylic acid groups (broad SMARTS) is 1. The Morgan fingerprint density at radius 3 is 2.57 bits per heavy atom. The minimum atomic E-state index is -1.00. The van der Waals surface area contributed by atoms with Crippen molar-refractivity contribution in [3.8, 4) is 11.5 Å². The second-order valence-corrected chi connectivity index (χ2v) is 4.91. The number of hydrogen-bond acceptors (Lipinski definition) is 5. The highest BCUT2D eigenvalue weighted by Gasteiger charge is 2.19. The molecule has 1 aromatic rings. The molecule has 1 amide bonds. The Morgan fingerprint density at radius 2 is 1.95 bits per heavy atom. The van der Waals surface area contributed by atoms with Gasteiger partial charge in [0.25, 0.3) is 0 Å². The first-order valence-electron chi connectivity index (χ1n) is 6.34. The Hall–Kier alpha value is -1.99. The van der Waals surface area contributed by atoms with Gasteiger partial charge in [0.05, 0.1) is 16.8 Å². The molecule has 2 rings (SSSR count). The second kappa shape index (κ2) is 6.64. The summed E-state index contributed by atoms with van der Waals surface area (Å²) in [4.78, 5) is 22.3. The Balaban J connectivity index is 2.05. The third-order valence-electron chi connectivity index (χ3n) is 2.90. The molecule has 1 heterocycles. The first-order valence-corrected chi connectivity index (χ1v) is 6.72. The van der Waals surface area contributed by atoms with Crippen molar-refractivity contribution in [2.45, 2.75) is 18.9 Å². The summed E-state index contributed by atoms with van der Waals surface area (Å²) in [6.45, 7) is 0.856. The number of nitrogens with one attached hydrogen (secondary N) is 1. The van der Waals surface area contributed by atoms with Crippen LogP contribution in [0.5, 0.6) is 11.5 Å². The lowest BCUT2D eigenvalue weighted by Crippen LogP contribution is -2.36. The van der Waals surface area contributed by atoms with Crippen molar-refractivity contribution in [2.75, 3.05) is 18.5 Å². The highest BCUT2D eigenvalue weighted by Crippen LogP contribution is 2.37. The Bertz CT molecular complexity index is 564. The predicted molar refractivity (Wildman–Crippen MR) is 75.9 cm³/mol. The number of hydrogen-bond donors (Lipinski definition) is 3. The molecular formula is C13H15ClN2O5. The van der Waals surface area contributed by atoms with Gasteiger partial charge in [0.15, 0.2) is 11.5 Å². The summed E-state index contributed by atoms with van der Waals surface area (Å²) >= 11 is 6.05. The summed E-state index contributed by atoms with van der Waals surface area (Å²) in [6, 6.07) is 2.18. The molecule has 114 valence electrons. The van der Waals surface area contributed by atoms with Gasteiger partial charge in [-0.2, -0.15) is 0 Å². The fourth-order valence-electron chi connectivity index (χ4n) is 1.80. The van der Waals surface area contributed by atoms with Gasteiger partial charge in [-0.3, -0.25) is 9.59 Å². The number of amides is 1. The number of benzene rings is 1. The minimum Gasteiger partial charge on any atom is -0.486 e. The summed E-state index contributed by atoms with van der Waals surface area (Å²) < 4.78 is 10.8. The Labute approximate surface area is 126 Å². The fourth-order valence-corrected chi connectivity index (χ4v) is 2.00. The molecule has 1 unspecified atom stereocenters. The van der Waals surface area contributed by atoms with E-state index in [1.54, 1.807) is 12.1 Å². The SMILES string of the molecule is NC(CCC(=O)O)C(=O)Nc1cc2c(cc1Cl)OCCO2. The fraction of sp³-hybridized carbons (Fsp3) is 0.385. The zero-order valence-corrected chi connectivity index (χ0v) is 11.9. The summed E-state index contributed by atoms with van der Waals surface area (Å²) in [7, 11) is 0. The molecular weight excluding hydrogens is 300 g/mol. The maximum Gasteiger partial charge on any atom is 0.303 e. The topological polar surface area (TPSA) is 111 Å². The van der Waals surface area contributed by atoms with E-state index < -0.39 is 17.9 Å². The number of carboxylic acids is 1. The number of nitrogens with two attached hydrogens (primary N) is 1. The van der Waals surface area contributed by atoms with E-state index in [0.717, 1.165) is 0 Å². The van der Waals surface area contributed by atoms with Gasteiger partial charge in [-0.25, -0.2) is 0 Å². The third-order valence-corrected chi connectivity index (χ3v) is 3.21. The van der Waals surface area contributed by atoms with Crippen LogP contribution in [0.3, 0.4) is 0 Å². The molecule has 21 heavy (non-hydrogen) atoms. The number of carbonyl (C=O) groups is 2. The van der Waals surface area contributed by atoms with Gasteiger partial charge in [0, 0.05) is 18.6 Å². The second-order valence-electron chi connectivity index (χ2n) is 4.50. The molecule has 0 saturated heterocycles. The van der Waals surface area contributed by atoms with Crippen molar-refractivity contribution >= 4 is 29.2 Å². The zero-order chi connectivity index (χ0) is 15.4. The van der Waals surface area contributed by atoms with Crippen LogP contribution in [0.2, 0.25) is 5.02 Å². The highest BCUT2D eigenvalue weighted by atomic mass is 35.5. The quantitative estimate of drug-likeness (QED) is 0.754. The van der Waals surface area contributed by atoms with E-state index >= 15 is 0 Å². The molecule has 0 bridgehead atoms. The highest BCUT2D eigenvalue weighted by molar-refractivity contribution is 6.34. The van der Waals surface area contributed by atoms with Crippen molar-refractivity contribution in [1.29, 1.82) is 0 Å². The van der Waals surface area contributed by atoms with Gasteiger partial charge in [-0.1, -0.05) is 11.6 Å². The smallest absolute Gasteiger partial charge is 0.303 e. The average molecular weight is 315 g/mol. The van der Waals surface area contributed by atoms with Crippen molar-refractivity contribution in [3.05, 3.63) is 17.2 Å². The van der Waals surface area contributed by atoms with Crippen molar-refractivity contribution in [2.24, 2.45) is 5.73 Å². The first kappa shape index (κ1) is 15.4. The van der Waals surface area contributed by atoms with Crippen LogP contribution in [-0.4, -0.2) is 36.2 Å². The van der Waals surface area contributed by atoms with E-state index in [-0.39, 0.29) is 17.9 Å². The largest absolute Gasteiger partial charge is 0.486 e. The van der Waals surface area contributed by atoms with Crippen molar-refractivity contribution in [1.82, 2.24) is 0 Å². The van der Waals surface area contributed by atoms with E-state index in [4.69, 9.17) is 31.9 Å². The molecule has 0 aromatic heterocycles. The predicted octanol–water partition coefficient (Wildman–Crippen LogP) is 1.24. The lowest BCUT2D eigenvalue weighted by atomic mass is 10.1. The summed E-state index contributed by atoms with van der Waals surface area (Å²) in [6.07, 6.45) is -0.132. The molecule has 0 radical (unpaired) electrons. The molecule has 1 aliphatic rings. The maximum absolute atomic E-state index is 11.9. The molecule has 1 aliphatic heterocycles. The van der Waals surface area contributed by atoms with E-state index in [1.807, 2.05) is 0 Å². The van der Waals surface area contributed by atoms with Crippen LogP contribution in [0.1, 0.15) is 12.8 Å². The standard InChI is InChI=1S/C13H15ClN2O5/c14-7-5-10-11(21-4-3-20-10)6-9(7)16-13(19)8(15)1-2-12(17)18/h5-6,8H,1-4,15H2,(H,16,19)(H,17,18). The summed E-state index contributed by atoms with van der Waals surface area (Å²) in [5, 5.41) is 11.4. The molecule has 1 aromatic carbocycles. The zero-order valence-electron chi connectivity index (χ0n) is 11.1. The molecule has 8 heteroatoms. The summed E-state index contributed by atoms with van der Waals surface area (Å²) in [5.41, 5.74) is 5.97. The molecule has 0 aliphatic carbocycles. The van der Waals surface area contributed by atoms with Crippen LogP contribution >= 0.6 is 11.6 Å². The van der Waals surface area contributed by atoms with Crippen LogP contribution < -0.4 is 20.5 Å². The summed E-state index contributed by atoms with van der Waals surface area (Å²) in [5.74, 6) is -0.509. The van der Waals surface area contributed by atoms with Gasteiger partial charge in [-0.15, -0.1) is 0 Å². The van der Waals surface area contributed by atoms with Crippen LogP contribution in [0.4, 0.5) is 5.69 Å². The van der Waals surface area contributed by atoms with E-state index in [9.17, 15) is 9.59 Å². The van der Waals surface area contributed by atoms with E-state index in [0.29, 0.717) is 30.4 Å². The Morgan fingerprint density at radius 1 is 1.33 bits per heavy atom. The van der Waals surface area contributed by atoms with Gasteiger partial charge >= 0.3 is 5.97 Å². The van der Waals surface area contributed by atoms with Crippen LogP contribution in [0.15, 0.2) is 12.1 Å². The lowest BCUT2D eigenvalue weighted by Gasteiger charge is -2.20. The monoisotopic (exact) mass is 314 g/mol. The van der Waals surface area contributed by atoms with E-state index in [1.165, 1.54) is 0 Å². The number of anilines is 1. The third kappa shape index (κ3) is 3.99. The normalized spacial score (nSPS) is 14.4. The molecule has 0 fully saturated rings. The lowest BCUT2D eigenvalue weighted by molar-refractivity contribution is -0.137. The van der Waals surface area contributed by atoms with Crippen LogP contribution in [-0.2, 0) is 9.59 Å². The molecule has 4 N–H and O–H groups in total. The number of carbonyl (C=O) groups excluding carboxylic acids is 1. The average Bonchev–Trinajstić information content (AvgIpc) is 2.45. The number of ether oxygens (including phenoxy) is 2. The molecule has 0 saturated carbocycles. The van der Waals surface area contributed by atoms with E-state index in [2.05, 4.69) is 5.32 Å². The van der Waals surface area contributed by atoms with Gasteiger partial charge in [-0.05, 0) is 6.42 Å².